The molecule has 0 aliphatic rings. The molecule has 3 aromatic heterocycles. The highest BCUT2D eigenvalue weighted by atomic mass is 15.2. The van der Waals surface area contributed by atoms with E-state index in [1.54, 1.807) is 0 Å². The summed E-state index contributed by atoms with van der Waals surface area (Å²) in [5.41, 5.74) is 17.5. The van der Waals surface area contributed by atoms with Crippen LogP contribution < -0.4 is 43.7 Å². The van der Waals surface area contributed by atoms with Crippen LogP contribution in [-0.2, 0) is 0 Å². The molecule has 0 saturated carbocycles. The molecule has 54 heavy (non-hydrogen) atoms. The van der Waals surface area contributed by atoms with Crippen molar-refractivity contribution in [3.8, 4) is 40.5 Å². The molecule has 0 fully saturated rings. The lowest BCUT2D eigenvalue weighted by atomic mass is 9.65. The molecule has 0 amide bonds. The highest BCUT2D eigenvalue weighted by molar-refractivity contribution is 6.68. The average molecular weight is 683 g/mol. The summed E-state index contributed by atoms with van der Waals surface area (Å²) >= 11 is 0. The zero-order chi connectivity index (χ0) is 37.6. The SMILES string of the molecule is Bc1c(B)c(B)c2c(c1B)c1ccccc1n2-c1nc(-c2ccccc2)nc(-c2cc(C#N)ccc2-n2c3ccccc3c3c(B)c(B)c(B)c(B)c32)n1. The zero-order valence-electron chi connectivity index (χ0n) is 31.9. The first kappa shape index (κ1) is 33.8. The smallest absolute Gasteiger partial charge is 0.238 e. The largest absolute Gasteiger partial charge is 0.309 e. The normalized spacial score (nSPS) is 11.5. The Labute approximate surface area is 321 Å². The quantitative estimate of drug-likeness (QED) is 0.175. The predicted octanol–water partition coefficient (Wildman–Crippen LogP) is -4.66. The molecule has 0 unspecified atom stereocenters. The molecule has 14 heteroatoms. The van der Waals surface area contributed by atoms with Crippen molar-refractivity contribution in [2.75, 3.05) is 0 Å². The Kier molecular flexibility index (Phi) is 7.83. The summed E-state index contributed by atoms with van der Waals surface area (Å²) in [7, 11) is 17.7. The van der Waals surface area contributed by atoms with Gasteiger partial charge in [0.25, 0.3) is 0 Å². The number of hydrogen-bond acceptors (Lipinski definition) is 4. The van der Waals surface area contributed by atoms with Crippen LogP contribution in [-0.4, -0.2) is 86.9 Å². The molecule has 246 valence electrons. The second-order valence-corrected chi connectivity index (χ2v) is 14.6. The Balaban J connectivity index is 1.44. The Morgan fingerprint density at radius 2 is 0.981 bits per heavy atom. The first-order valence-electron chi connectivity index (χ1n) is 18.5. The van der Waals surface area contributed by atoms with E-state index in [2.05, 4.69) is 133 Å². The summed E-state index contributed by atoms with van der Waals surface area (Å²) in [6.07, 6.45) is 0. The van der Waals surface area contributed by atoms with E-state index in [9.17, 15) is 5.26 Å². The van der Waals surface area contributed by atoms with E-state index in [4.69, 9.17) is 15.0 Å². The van der Waals surface area contributed by atoms with Gasteiger partial charge in [-0.1, -0.05) is 99.5 Å². The molecule has 0 aliphatic carbocycles. The fourth-order valence-electron chi connectivity index (χ4n) is 8.54. The lowest BCUT2D eigenvalue weighted by Crippen LogP contribution is -2.48. The fourth-order valence-corrected chi connectivity index (χ4v) is 8.54. The van der Waals surface area contributed by atoms with Crippen molar-refractivity contribution in [3.63, 3.8) is 0 Å². The van der Waals surface area contributed by atoms with Crippen molar-refractivity contribution < 1.29 is 0 Å². The van der Waals surface area contributed by atoms with E-state index in [-0.39, 0.29) is 0 Å². The van der Waals surface area contributed by atoms with Gasteiger partial charge in [-0.05, 0) is 30.3 Å². The van der Waals surface area contributed by atoms with Crippen LogP contribution in [0.4, 0.5) is 0 Å². The number of benzene rings is 6. The van der Waals surface area contributed by atoms with E-state index in [0.29, 0.717) is 23.2 Å². The molecule has 0 saturated heterocycles. The Bertz CT molecular complexity index is 3110. The third kappa shape index (κ3) is 4.81. The Morgan fingerprint density at radius 3 is 1.57 bits per heavy atom. The number of aromatic nitrogens is 5. The number of nitrogens with zero attached hydrogens (tertiary/aromatic N) is 6. The Morgan fingerprint density at radius 1 is 0.481 bits per heavy atom. The molecular formula is C40H32B8N6. The van der Waals surface area contributed by atoms with Crippen LogP contribution in [0.5, 0.6) is 0 Å². The third-order valence-corrected chi connectivity index (χ3v) is 12.0. The van der Waals surface area contributed by atoms with Gasteiger partial charge in [0.15, 0.2) is 11.6 Å². The highest BCUT2D eigenvalue weighted by Gasteiger charge is 2.25. The number of fused-ring (bicyclic) bond motifs is 6. The average Bonchev–Trinajstić information content (AvgIpc) is 3.74. The van der Waals surface area contributed by atoms with Crippen LogP contribution in [0.1, 0.15) is 5.56 Å². The molecule has 0 bridgehead atoms. The number of hydrogen-bond donors (Lipinski definition) is 0. The van der Waals surface area contributed by atoms with Crippen LogP contribution in [0.25, 0.3) is 78.0 Å². The van der Waals surface area contributed by atoms with E-state index in [1.807, 2.05) is 42.5 Å². The van der Waals surface area contributed by atoms with E-state index in [1.165, 1.54) is 59.9 Å². The second-order valence-electron chi connectivity index (χ2n) is 14.6. The molecule has 9 aromatic rings. The molecule has 0 aliphatic heterocycles. The van der Waals surface area contributed by atoms with Gasteiger partial charge in [-0.15, -0.1) is 10.9 Å². The van der Waals surface area contributed by atoms with Gasteiger partial charge < -0.3 is 4.57 Å². The van der Waals surface area contributed by atoms with Crippen LogP contribution in [0, 0.1) is 11.3 Å². The van der Waals surface area contributed by atoms with Crippen molar-refractivity contribution in [1.29, 1.82) is 5.26 Å². The van der Waals surface area contributed by atoms with Crippen molar-refractivity contribution in [2.24, 2.45) is 0 Å². The Hall–Kier alpha value is -6.06. The summed E-state index contributed by atoms with van der Waals surface area (Å²) in [5.74, 6) is 1.60. The summed E-state index contributed by atoms with van der Waals surface area (Å²) < 4.78 is 4.56. The highest BCUT2D eigenvalue weighted by Crippen LogP contribution is 2.36. The number of rotatable bonds is 4. The van der Waals surface area contributed by atoms with Crippen molar-refractivity contribution in [1.82, 2.24) is 24.1 Å². The second kappa shape index (κ2) is 12.5. The maximum atomic E-state index is 10.3. The lowest BCUT2D eigenvalue weighted by Gasteiger charge is -2.19. The standard InChI is InChI=1S/C40H32B8N6/c41-28-26-20-10-4-6-12-23(20)53(36(26)34(47)32(45)30(28)43)25-15-14-18(17-49)16-22(25)39-50-38(19-8-2-1-3-9-19)51-40(52-39)54-24-13-7-5-11-21(24)27-29(42)31(44)33(46)35(48)37(27)54/h1-16H,41-48H2. The first-order valence-corrected chi connectivity index (χ1v) is 18.5. The molecular weight excluding hydrogens is 651 g/mol. The minimum absolute atomic E-state index is 0.499. The molecule has 0 N–H and O–H groups in total. The molecule has 6 aromatic carbocycles. The number of nitriles is 1. The molecule has 0 atom stereocenters. The topological polar surface area (TPSA) is 72.3 Å². The van der Waals surface area contributed by atoms with Crippen molar-refractivity contribution in [2.45, 2.75) is 0 Å². The minimum atomic E-state index is 0.499. The molecule has 6 nitrogen and oxygen atoms in total. The molecule has 0 radical (unpaired) electrons. The molecule has 0 spiro atoms. The lowest BCUT2D eigenvalue weighted by molar-refractivity contribution is 0.953. The summed E-state index contributed by atoms with van der Waals surface area (Å²) in [6, 6.07) is 35.5. The van der Waals surface area contributed by atoms with E-state index < -0.39 is 0 Å². The van der Waals surface area contributed by atoms with Gasteiger partial charge >= 0.3 is 0 Å². The fraction of sp³-hybridized carbons (Fsp3) is 0. The zero-order valence-corrected chi connectivity index (χ0v) is 31.9. The van der Waals surface area contributed by atoms with Crippen molar-refractivity contribution >= 4 is 150 Å². The van der Waals surface area contributed by atoms with Crippen LogP contribution in [0.15, 0.2) is 97.1 Å². The maximum absolute atomic E-state index is 10.3. The van der Waals surface area contributed by atoms with Crippen LogP contribution in [0.3, 0.4) is 0 Å². The van der Waals surface area contributed by atoms with Gasteiger partial charge in [0.05, 0.1) is 28.4 Å². The van der Waals surface area contributed by atoms with E-state index in [0.717, 1.165) is 44.3 Å². The van der Waals surface area contributed by atoms with Crippen molar-refractivity contribution in [3.05, 3.63) is 103 Å². The van der Waals surface area contributed by atoms with Gasteiger partial charge in [-0.2, -0.15) is 15.2 Å². The van der Waals surface area contributed by atoms with E-state index >= 15 is 0 Å². The van der Waals surface area contributed by atoms with Gasteiger partial charge in [-0.3, -0.25) is 4.57 Å². The maximum Gasteiger partial charge on any atom is 0.238 e. The third-order valence-electron chi connectivity index (χ3n) is 12.0. The van der Waals surface area contributed by atoms with Gasteiger partial charge in [-0.25, -0.2) is 4.98 Å². The summed E-state index contributed by atoms with van der Waals surface area (Å²) in [4.78, 5) is 15.9. The number of para-hydroxylation sites is 2. The minimum Gasteiger partial charge on any atom is -0.309 e. The van der Waals surface area contributed by atoms with Crippen LogP contribution >= 0.6 is 0 Å². The monoisotopic (exact) mass is 684 g/mol. The molecule has 9 rings (SSSR count). The molecule has 3 heterocycles. The summed E-state index contributed by atoms with van der Waals surface area (Å²) in [6.45, 7) is 0. The first-order chi connectivity index (χ1) is 26.1. The summed E-state index contributed by atoms with van der Waals surface area (Å²) in [5, 5.41) is 15.1. The van der Waals surface area contributed by atoms with Gasteiger partial charge in [0, 0.05) is 43.7 Å². The van der Waals surface area contributed by atoms with Gasteiger partial charge in [0.1, 0.15) is 62.8 Å². The van der Waals surface area contributed by atoms with Gasteiger partial charge in [0.2, 0.25) is 5.95 Å². The predicted molar refractivity (Wildman–Crippen MR) is 250 cm³/mol. The van der Waals surface area contributed by atoms with Crippen LogP contribution in [0.2, 0.25) is 0 Å².